The van der Waals surface area contributed by atoms with Gasteiger partial charge in [0, 0.05) is 112 Å². The number of carbonyl (C=O) groups is 7. The van der Waals surface area contributed by atoms with Crippen LogP contribution in [-0.4, -0.2) is 299 Å². The van der Waals surface area contributed by atoms with Gasteiger partial charge in [-0.2, -0.15) is 0 Å². The summed E-state index contributed by atoms with van der Waals surface area (Å²) in [4.78, 5) is 91.5. The highest BCUT2D eigenvalue weighted by molar-refractivity contribution is 7.57. The summed E-state index contributed by atoms with van der Waals surface area (Å²) in [6.45, 7) is 4.62. The molecule has 3 aliphatic heterocycles. The van der Waals surface area contributed by atoms with Gasteiger partial charge in [0.05, 0.1) is 26.4 Å². The Morgan fingerprint density at radius 2 is 0.826 bits per heavy atom. The fourth-order valence-corrected chi connectivity index (χ4v) is 10.1. The van der Waals surface area contributed by atoms with Crippen molar-refractivity contribution in [2.45, 2.75) is 196 Å². The van der Waals surface area contributed by atoms with Gasteiger partial charge < -0.3 is 120 Å². The summed E-state index contributed by atoms with van der Waals surface area (Å²) in [5.74, 6) is -3.19. The van der Waals surface area contributed by atoms with Crippen LogP contribution >= 0.6 is 7.37 Å². The van der Waals surface area contributed by atoms with E-state index in [1.807, 2.05) is 0 Å². The molecule has 0 radical (unpaired) electrons. The fraction of sp³-hybridized carbons (Fsp3) is 0.868. The van der Waals surface area contributed by atoms with Crippen molar-refractivity contribution in [3.8, 4) is 0 Å². The molecular formula is C53H96N7O25P. The second kappa shape index (κ2) is 39.8. The molecule has 3 saturated heterocycles. The Balaban J connectivity index is 1.59. The zero-order valence-electron chi connectivity index (χ0n) is 49.9. The number of ether oxygens (including phenoxy) is 6. The molecule has 0 spiro atoms. The molecule has 3 aliphatic rings. The molecule has 86 heavy (non-hydrogen) atoms. The monoisotopic (exact) mass is 1260 g/mol. The van der Waals surface area contributed by atoms with Crippen molar-refractivity contribution < 1.29 is 122 Å². The summed E-state index contributed by atoms with van der Waals surface area (Å²) in [6.07, 6.45) is -14.8. The Morgan fingerprint density at radius 1 is 0.488 bits per heavy atom. The van der Waals surface area contributed by atoms with Crippen molar-refractivity contribution in [3.63, 3.8) is 0 Å². The summed E-state index contributed by atoms with van der Waals surface area (Å²) in [5.41, 5.74) is 0. The number of hydrogen-bond acceptors (Lipinski definition) is 25. The molecule has 16 atom stereocenters. The van der Waals surface area contributed by atoms with Crippen molar-refractivity contribution in [3.05, 3.63) is 0 Å². The molecule has 32 nitrogen and oxygen atoms in total. The molecule has 3 heterocycles. The van der Waals surface area contributed by atoms with Gasteiger partial charge in [0.1, 0.15) is 73.1 Å². The smallest absolute Gasteiger partial charge is 0.253 e. The van der Waals surface area contributed by atoms with Crippen LogP contribution in [0.2, 0.25) is 0 Å². The average Bonchev–Trinajstić information content (AvgIpc) is 2.57. The lowest BCUT2D eigenvalue weighted by Gasteiger charge is -2.42. The highest BCUT2D eigenvalue weighted by atomic mass is 31.2. The largest absolute Gasteiger partial charge is 0.394 e. The molecule has 7 unspecified atom stereocenters. The van der Waals surface area contributed by atoms with Crippen molar-refractivity contribution in [2.75, 3.05) is 98.8 Å². The predicted molar refractivity (Wildman–Crippen MR) is 300 cm³/mol. The number of carbonyl (C=O) groups excluding carboxylic acids is 7. The molecule has 3 fully saturated rings. The highest BCUT2D eigenvalue weighted by Gasteiger charge is 2.48. The Bertz CT molecular complexity index is 2120. The molecule has 0 aromatic heterocycles. The van der Waals surface area contributed by atoms with Gasteiger partial charge in [-0.1, -0.05) is 0 Å². The molecule has 0 aromatic carbocycles. The number of hydrogen-bond donors (Lipinski definition) is 15. The van der Waals surface area contributed by atoms with Crippen LogP contribution in [0.15, 0.2) is 0 Å². The molecule has 498 valence electrons. The Labute approximate surface area is 500 Å². The topological polar surface area (TPSA) is 470 Å². The minimum atomic E-state index is -3.10. The summed E-state index contributed by atoms with van der Waals surface area (Å²) in [7, 11) is -3.10. The minimum absolute atomic E-state index is 0.00812. The normalized spacial score (nSPS) is 28.0. The van der Waals surface area contributed by atoms with Crippen LogP contribution in [-0.2, 0) is 71.1 Å². The lowest BCUT2D eigenvalue weighted by Crippen LogP contribution is -2.64. The van der Waals surface area contributed by atoms with Crippen LogP contribution in [0, 0.1) is 0 Å². The summed E-state index contributed by atoms with van der Waals surface area (Å²) < 4.78 is 51.5. The van der Waals surface area contributed by atoms with Gasteiger partial charge >= 0.3 is 0 Å². The van der Waals surface area contributed by atoms with Crippen LogP contribution in [0.25, 0.3) is 0 Å². The quantitative estimate of drug-likeness (QED) is 0.0201. The number of unbranched alkanes of at least 4 members (excludes halogenated alkanes) is 3. The van der Waals surface area contributed by atoms with Crippen LogP contribution in [0.5, 0.6) is 0 Å². The van der Waals surface area contributed by atoms with Crippen LogP contribution in [0.1, 0.15) is 97.8 Å². The molecule has 0 saturated carbocycles. The molecule has 15 N–H and O–H groups in total. The number of aliphatic hydroxyl groups excluding tert-OH is 10. The van der Waals surface area contributed by atoms with Gasteiger partial charge in [-0.15, -0.1) is 0 Å². The Morgan fingerprint density at radius 3 is 1.17 bits per heavy atom. The van der Waals surface area contributed by atoms with Gasteiger partial charge in [0.2, 0.25) is 35.4 Å². The van der Waals surface area contributed by atoms with Crippen molar-refractivity contribution in [2.24, 2.45) is 0 Å². The molecule has 3 rings (SSSR count). The Hall–Kier alpha value is -4.16. The van der Waals surface area contributed by atoms with E-state index in [4.69, 9.17) is 32.9 Å². The summed E-state index contributed by atoms with van der Waals surface area (Å²) in [5, 5.41) is 115. The first-order valence-electron chi connectivity index (χ1n) is 29.2. The third-order valence-corrected chi connectivity index (χ3v) is 15.0. The summed E-state index contributed by atoms with van der Waals surface area (Å²) >= 11 is 0. The number of nitrogens with zero attached hydrogens (tertiary/aromatic N) is 2. The maximum Gasteiger partial charge on any atom is 0.253 e. The van der Waals surface area contributed by atoms with E-state index in [-0.39, 0.29) is 109 Å². The van der Waals surface area contributed by atoms with E-state index in [0.717, 1.165) is 0 Å². The first-order valence-corrected chi connectivity index (χ1v) is 31.8. The van der Waals surface area contributed by atoms with Crippen molar-refractivity contribution in [1.29, 1.82) is 0 Å². The molecule has 0 aromatic rings. The van der Waals surface area contributed by atoms with Gasteiger partial charge in [-0.25, -0.2) is 0 Å². The van der Waals surface area contributed by atoms with E-state index in [2.05, 4.69) is 26.6 Å². The third-order valence-electron chi connectivity index (χ3n) is 14.2. The van der Waals surface area contributed by atoms with E-state index in [1.54, 1.807) is 4.90 Å². The first kappa shape index (κ1) is 76.1. The summed E-state index contributed by atoms with van der Waals surface area (Å²) in [6, 6.07) is -3.39. The lowest BCUT2D eigenvalue weighted by molar-refractivity contribution is -0.270. The number of aliphatic hydroxyl groups is 10. The van der Waals surface area contributed by atoms with E-state index in [1.165, 1.54) is 39.0 Å². The third kappa shape index (κ3) is 26.9. The van der Waals surface area contributed by atoms with Crippen molar-refractivity contribution >= 4 is 48.7 Å². The SMILES string of the molecule is CC(=O)NC1[C@H](OCCCCC(=O)NCCCN(CCCN(CCCNC(=O)CCCCO[C@@H]2OC(CO)[C@H](O)[C@H](O)C2NC(C)=O)C(=O)C(O)COP(C)(C)=O)C(=O)CCCCO[C@@H]2OC(CO)[C@H](O)[C@H](O)C2NC(C)=O)OC(CO)[C@H](O)[C@@H]1O. The van der Waals surface area contributed by atoms with E-state index in [0.29, 0.717) is 44.9 Å². The van der Waals surface area contributed by atoms with Crippen LogP contribution < -0.4 is 26.6 Å². The zero-order chi connectivity index (χ0) is 64.1. The number of nitrogens with one attached hydrogen (secondary N) is 5. The average molecular weight is 1260 g/mol. The molecule has 0 aliphatic carbocycles. The zero-order valence-corrected chi connectivity index (χ0v) is 50.7. The Kier molecular flexibility index (Phi) is 35.2. The second-order valence-electron chi connectivity index (χ2n) is 21.8. The van der Waals surface area contributed by atoms with Crippen LogP contribution in [0.3, 0.4) is 0 Å². The van der Waals surface area contributed by atoms with E-state index >= 15 is 0 Å². The number of amides is 7. The molecule has 0 bridgehead atoms. The predicted octanol–water partition coefficient (Wildman–Crippen LogP) is -5.65. The minimum Gasteiger partial charge on any atom is -0.394 e. The molecule has 33 heteroatoms. The highest BCUT2D eigenvalue weighted by Crippen LogP contribution is 2.37. The maximum absolute atomic E-state index is 13.9. The van der Waals surface area contributed by atoms with Gasteiger partial charge in [0.15, 0.2) is 32.3 Å². The standard InChI is InChI=1S/C53H96N7O25P/c1-31(64)56-41-47(74)44(71)35(27-61)83-51(41)79-24-9-6-15-38(68)54-18-12-20-59(40(70)17-8-11-26-81-53-43(58-33(3)66)49(76)46(73)37(29-63)85-53)22-14-23-60(50(77)34(67)30-82-86(4,5)78)21-13-19-55-39(69)16-7-10-25-80-52-42(57-32(2)65)48(75)45(72)36(28-62)84-52/h34-37,41-49,51-53,61-63,67,71-76H,6-30H2,1-5H3,(H,54,68)(H,55,69)(H,56,64)(H,57,65)(H,58,66)/t34?,35?,36?,37?,41?,42?,43?,44-,45-,46-,47+,48+,49+,51+,52+,53+/m0/s1. The van der Waals surface area contributed by atoms with Crippen molar-refractivity contribution in [1.82, 2.24) is 36.4 Å². The van der Waals surface area contributed by atoms with Crippen LogP contribution in [0.4, 0.5) is 0 Å². The first-order chi connectivity index (χ1) is 40.7. The van der Waals surface area contributed by atoms with E-state index in [9.17, 15) is 89.2 Å². The fourth-order valence-electron chi connectivity index (χ4n) is 9.60. The maximum atomic E-state index is 13.9. The molecule has 7 amide bonds. The lowest BCUT2D eigenvalue weighted by atomic mass is 9.97. The molecular weight excluding hydrogens is 1170 g/mol. The van der Waals surface area contributed by atoms with E-state index < -0.39 is 155 Å². The number of rotatable bonds is 40. The second-order valence-corrected chi connectivity index (χ2v) is 24.6. The van der Waals surface area contributed by atoms with Gasteiger partial charge in [-0.3, -0.25) is 38.1 Å². The van der Waals surface area contributed by atoms with Gasteiger partial charge in [0.25, 0.3) is 5.91 Å². The van der Waals surface area contributed by atoms with Gasteiger partial charge in [-0.05, 0) is 57.8 Å².